The number of nitrogens with one attached hydrogen (secondary N) is 1. The smallest absolute Gasteiger partial charge is 0.0517 e. The predicted molar refractivity (Wildman–Crippen MR) is 77.0 cm³/mol. The molecule has 2 aromatic rings. The van der Waals surface area contributed by atoms with Gasteiger partial charge in [0.2, 0.25) is 0 Å². The van der Waals surface area contributed by atoms with Gasteiger partial charge in [-0.2, -0.15) is 0 Å². The maximum atomic E-state index is 3.67. The van der Waals surface area contributed by atoms with Crippen molar-refractivity contribution in [2.45, 2.75) is 32.7 Å². The highest BCUT2D eigenvalue weighted by Crippen LogP contribution is 2.32. The molecule has 0 fully saturated rings. The Kier molecular flexibility index (Phi) is 2.83. The lowest BCUT2D eigenvalue weighted by atomic mass is 9.92. The van der Waals surface area contributed by atoms with E-state index in [9.17, 15) is 0 Å². The Hall–Kier alpha value is -1.76. The minimum absolute atomic E-state index is 0.457. The van der Waals surface area contributed by atoms with Crippen LogP contribution < -0.4 is 5.32 Å². The van der Waals surface area contributed by atoms with Gasteiger partial charge in [0, 0.05) is 5.69 Å². The first-order valence-electron chi connectivity index (χ1n) is 6.65. The molecule has 0 saturated carbocycles. The third kappa shape index (κ3) is 2.13. The minimum atomic E-state index is 0.457. The Balaban J connectivity index is 1.91. The fraction of sp³-hybridized carbons (Fsp3) is 0.294. The van der Waals surface area contributed by atoms with Crippen LogP contribution in [0.1, 0.15) is 34.7 Å². The zero-order valence-corrected chi connectivity index (χ0v) is 11.0. The van der Waals surface area contributed by atoms with E-state index in [2.05, 4.69) is 61.6 Å². The SMILES string of the molecule is Cc1cc(C)cc(C2CCc3ccccc3N2)c1. The first-order valence-corrected chi connectivity index (χ1v) is 6.65. The highest BCUT2D eigenvalue weighted by molar-refractivity contribution is 5.55. The zero-order chi connectivity index (χ0) is 12.5. The summed E-state index contributed by atoms with van der Waals surface area (Å²) in [5.74, 6) is 0. The summed E-state index contributed by atoms with van der Waals surface area (Å²) in [5.41, 5.74) is 6.87. The molecule has 0 aromatic heterocycles. The highest BCUT2D eigenvalue weighted by atomic mass is 14.9. The van der Waals surface area contributed by atoms with Crippen molar-refractivity contribution in [3.63, 3.8) is 0 Å². The van der Waals surface area contributed by atoms with Crippen molar-refractivity contribution in [1.82, 2.24) is 0 Å². The molecule has 0 radical (unpaired) electrons. The van der Waals surface area contributed by atoms with Crippen molar-refractivity contribution in [3.8, 4) is 0 Å². The van der Waals surface area contributed by atoms with E-state index in [0.29, 0.717) is 6.04 Å². The van der Waals surface area contributed by atoms with E-state index in [1.165, 1.54) is 40.8 Å². The summed E-state index contributed by atoms with van der Waals surface area (Å²) in [6.07, 6.45) is 2.35. The van der Waals surface area contributed by atoms with Gasteiger partial charge in [0.25, 0.3) is 0 Å². The number of fused-ring (bicyclic) bond motifs is 1. The molecule has 1 atom stereocenters. The van der Waals surface area contributed by atoms with Gasteiger partial charge in [-0.15, -0.1) is 0 Å². The largest absolute Gasteiger partial charge is 0.378 e. The maximum Gasteiger partial charge on any atom is 0.0517 e. The lowest BCUT2D eigenvalue weighted by Crippen LogP contribution is -2.18. The van der Waals surface area contributed by atoms with E-state index in [1.807, 2.05) is 0 Å². The molecule has 18 heavy (non-hydrogen) atoms. The molecule has 0 bridgehead atoms. The third-order valence-corrected chi connectivity index (χ3v) is 3.70. The van der Waals surface area contributed by atoms with Gasteiger partial charge in [-0.3, -0.25) is 0 Å². The van der Waals surface area contributed by atoms with Crippen molar-refractivity contribution in [1.29, 1.82) is 0 Å². The zero-order valence-electron chi connectivity index (χ0n) is 11.0. The quantitative estimate of drug-likeness (QED) is 0.775. The second-order valence-corrected chi connectivity index (χ2v) is 5.31. The minimum Gasteiger partial charge on any atom is -0.378 e. The van der Waals surface area contributed by atoms with Crippen LogP contribution in [0.4, 0.5) is 5.69 Å². The second kappa shape index (κ2) is 4.49. The van der Waals surface area contributed by atoms with Gasteiger partial charge in [-0.05, 0) is 43.9 Å². The van der Waals surface area contributed by atoms with Gasteiger partial charge in [-0.1, -0.05) is 47.5 Å². The summed E-state index contributed by atoms with van der Waals surface area (Å²) in [6, 6.07) is 15.9. The monoisotopic (exact) mass is 237 g/mol. The van der Waals surface area contributed by atoms with E-state index in [0.717, 1.165) is 0 Å². The molecule has 1 heteroatoms. The first kappa shape index (κ1) is 11.3. The van der Waals surface area contributed by atoms with Crippen molar-refractivity contribution in [2.24, 2.45) is 0 Å². The van der Waals surface area contributed by atoms with Crippen LogP contribution >= 0.6 is 0 Å². The van der Waals surface area contributed by atoms with Gasteiger partial charge in [0.1, 0.15) is 0 Å². The number of hydrogen-bond acceptors (Lipinski definition) is 1. The van der Waals surface area contributed by atoms with Gasteiger partial charge >= 0.3 is 0 Å². The molecule has 1 nitrogen and oxygen atoms in total. The van der Waals surface area contributed by atoms with Crippen molar-refractivity contribution < 1.29 is 0 Å². The molecular formula is C17H19N. The number of rotatable bonds is 1. The van der Waals surface area contributed by atoms with E-state index in [1.54, 1.807) is 0 Å². The standard InChI is InChI=1S/C17H19N/c1-12-9-13(2)11-15(10-12)17-8-7-14-5-3-4-6-16(14)18-17/h3-6,9-11,17-18H,7-8H2,1-2H3. The molecule has 3 rings (SSSR count). The summed E-state index contributed by atoms with van der Waals surface area (Å²) in [4.78, 5) is 0. The molecule has 1 unspecified atom stereocenters. The van der Waals surface area contributed by atoms with Crippen LogP contribution in [0.2, 0.25) is 0 Å². The predicted octanol–water partition coefficient (Wildman–Crippen LogP) is 4.40. The molecule has 0 aliphatic carbocycles. The van der Waals surface area contributed by atoms with Crippen LogP contribution in [0.25, 0.3) is 0 Å². The summed E-state index contributed by atoms with van der Waals surface area (Å²) >= 11 is 0. The average molecular weight is 237 g/mol. The van der Waals surface area contributed by atoms with E-state index in [4.69, 9.17) is 0 Å². The van der Waals surface area contributed by atoms with E-state index >= 15 is 0 Å². The van der Waals surface area contributed by atoms with Crippen molar-refractivity contribution in [3.05, 3.63) is 64.7 Å². The fourth-order valence-corrected chi connectivity index (χ4v) is 2.90. The Morgan fingerprint density at radius 2 is 1.72 bits per heavy atom. The molecule has 2 aromatic carbocycles. The lowest BCUT2D eigenvalue weighted by Gasteiger charge is -2.28. The summed E-state index contributed by atoms with van der Waals surface area (Å²) in [5, 5.41) is 3.67. The summed E-state index contributed by atoms with van der Waals surface area (Å²) < 4.78 is 0. The molecule has 1 N–H and O–H groups in total. The Bertz CT molecular complexity index is 551. The average Bonchev–Trinajstić information content (AvgIpc) is 2.37. The van der Waals surface area contributed by atoms with Gasteiger partial charge in [0.15, 0.2) is 0 Å². The van der Waals surface area contributed by atoms with Crippen LogP contribution in [-0.2, 0) is 6.42 Å². The fourth-order valence-electron chi connectivity index (χ4n) is 2.90. The molecule has 0 saturated heterocycles. The van der Waals surface area contributed by atoms with Gasteiger partial charge in [-0.25, -0.2) is 0 Å². The Morgan fingerprint density at radius 1 is 1.00 bits per heavy atom. The lowest BCUT2D eigenvalue weighted by molar-refractivity contribution is 0.667. The summed E-state index contributed by atoms with van der Waals surface area (Å²) in [6.45, 7) is 4.35. The van der Waals surface area contributed by atoms with Crippen LogP contribution in [0.3, 0.4) is 0 Å². The second-order valence-electron chi connectivity index (χ2n) is 5.31. The third-order valence-electron chi connectivity index (χ3n) is 3.70. The van der Waals surface area contributed by atoms with Gasteiger partial charge in [0.05, 0.1) is 6.04 Å². The highest BCUT2D eigenvalue weighted by Gasteiger charge is 2.18. The number of para-hydroxylation sites is 1. The number of hydrogen-bond donors (Lipinski definition) is 1. The topological polar surface area (TPSA) is 12.0 Å². The van der Waals surface area contributed by atoms with Crippen molar-refractivity contribution >= 4 is 5.69 Å². The van der Waals surface area contributed by atoms with Crippen LogP contribution in [-0.4, -0.2) is 0 Å². The van der Waals surface area contributed by atoms with Crippen molar-refractivity contribution in [2.75, 3.05) is 5.32 Å². The molecule has 0 spiro atoms. The first-order chi connectivity index (χ1) is 8.72. The number of anilines is 1. The maximum absolute atomic E-state index is 3.67. The molecule has 1 heterocycles. The number of benzene rings is 2. The molecule has 92 valence electrons. The van der Waals surface area contributed by atoms with E-state index in [-0.39, 0.29) is 0 Å². The van der Waals surface area contributed by atoms with Crippen LogP contribution in [0.15, 0.2) is 42.5 Å². The van der Waals surface area contributed by atoms with Crippen LogP contribution in [0, 0.1) is 13.8 Å². The summed E-state index contributed by atoms with van der Waals surface area (Å²) in [7, 11) is 0. The van der Waals surface area contributed by atoms with E-state index < -0.39 is 0 Å². The molecule has 1 aliphatic rings. The molecule has 0 amide bonds. The van der Waals surface area contributed by atoms with Gasteiger partial charge < -0.3 is 5.32 Å². The number of aryl methyl sites for hydroxylation is 3. The Labute approximate surface area is 109 Å². The Morgan fingerprint density at radius 3 is 2.50 bits per heavy atom. The molecular weight excluding hydrogens is 218 g/mol. The molecule has 1 aliphatic heterocycles. The normalized spacial score (nSPS) is 18.0. The van der Waals surface area contributed by atoms with Crippen LogP contribution in [0.5, 0.6) is 0 Å².